The maximum atomic E-state index is 12.5. The standard InChI is InChI=1S/C12H12ClN3O2S/c1-2-16(10-5-7-15-12(13)8-10)19(17,18)11-4-3-6-14-9-11/h3-9H,2H2,1H3. The van der Waals surface area contributed by atoms with Crippen LogP contribution in [0, 0.1) is 0 Å². The van der Waals surface area contributed by atoms with Crippen LogP contribution in [0.5, 0.6) is 0 Å². The Balaban J connectivity index is 2.48. The second kappa shape index (κ2) is 5.54. The van der Waals surface area contributed by atoms with Crippen LogP contribution in [-0.4, -0.2) is 24.9 Å². The summed E-state index contributed by atoms with van der Waals surface area (Å²) in [5, 5.41) is 0.248. The summed E-state index contributed by atoms with van der Waals surface area (Å²) in [7, 11) is -3.64. The minimum Gasteiger partial charge on any atom is -0.266 e. The lowest BCUT2D eigenvalue weighted by molar-refractivity contribution is 0.591. The van der Waals surface area contributed by atoms with Crippen LogP contribution in [0.25, 0.3) is 0 Å². The highest BCUT2D eigenvalue weighted by Crippen LogP contribution is 2.24. The van der Waals surface area contributed by atoms with Crippen LogP contribution in [0.15, 0.2) is 47.8 Å². The minimum absolute atomic E-state index is 0.143. The Kier molecular flexibility index (Phi) is 4.01. The highest BCUT2D eigenvalue weighted by Gasteiger charge is 2.23. The van der Waals surface area contributed by atoms with Gasteiger partial charge in [-0.25, -0.2) is 13.4 Å². The molecule has 2 aromatic heterocycles. The van der Waals surface area contributed by atoms with E-state index in [1.54, 1.807) is 19.1 Å². The van der Waals surface area contributed by atoms with E-state index >= 15 is 0 Å². The summed E-state index contributed by atoms with van der Waals surface area (Å²) in [6, 6.07) is 6.20. The van der Waals surface area contributed by atoms with Crippen molar-refractivity contribution in [3.8, 4) is 0 Å². The summed E-state index contributed by atoms with van der Waals surface area (Å²) in [6.45, 7) is 2.04. The molecule has 0 spiro atoms. The van der Waals surface area contributed by atoms with Gasteiger partial charge in [0, 0.05) is 25.1 Å². The summed E-state index contributed by atoms with van der Waals surface area (Å²) in [4.78, 5) is 7.82. The molecule has 100 valence electrons. The fraction of sp³-hybridized carbons (Fsp3) is 0.167. The van der Waals surface area contributed by atoms with E-state index in [4.69, 9.17) is 11.6 Å². The SMILES string of the molecule is CCN(c1ccnc(Cl)c1)S(=O)(=O)c1cccnc1. The van der Waals surface area contributed by atoms with Crippen LogP contribution in [-0.2, 0) is 10.0 Å². The van der Waals surface area contributed by atoms with Gasteiger partial charge in [-0.15, -0.1) is 0 Å². The molecule has 0 radical (unpaired) electrons. The van der Waals surface area contributed by atoms with Crippen LogP contribution in [0.2, 0.25) is 5.15 Å². The maximum absolute atomic E-state index is 12.5. The second-order valence-corrected chi connectivity index (χ2v) is 5.94. The Morgan fingerprint density at radius 1 is 1.32 bits per heavy atom. The number of aromatic nitrogens is 2. The molecule has 0 aliphatic heterocycles. The summed E-state index contributed by atoms with van der Waals surface area (Å²) in [5.41, 5.74) is 0.478. The van der Waals surface area contributed by atoms with Gasteiger partial charge in [0.05, 0.1) is 5.69 Å². The first-order valence-corrected chi connectivity index (χ1v) is 7.42. The lowest BCUT2D eigenvalue weighted by Crippen LogP contribution is -2.30. The Labute approximate surface area is 116 Å². The molecule has 0 saturated heterocycles. The average Bonchev–Trinajstić information content (AvgIpc) is 2.40. The number of hydrogen-bond donors (Lipinski definition) is 0. The molecular weight excluding hydrogens is 286 g/mol. The first-order valence-electron chi connectivity index (χ1n) is 5.60. The topological polar surface area (TPSA) is 63.2 Å². The van der Waals surface area contributed by atoms with Crippen molar-refractivity contribution in [1.82, 2.24) is 9.97 Å². The Hall–Kier alpha value is -1.66. The number of hydrogen-bond acceptors (Lipinski definition) is 4. The molecule has 0 aromatic carbocycles. The number of halogens is 1. The molecule has 0 aliphatic carbocycles. The highest BCUT2D eigenvalue weighted by atomic mass is 35.5. The van der Waals surface area contributed by atoms with Crippen molar-refractivity contribution in [3.63, 3.8) is 0 Å². The van der Waals surface area contributed by atoms with Crippen LogP contribution in [0.4, 0.5) is 5.69 Å². The van der Waals surface area contributed by atoms with E-state index in [0.717, 1.165) is 0 Å². The molecule has 19 heavy (non-hydrogen) atoms. The van der Waals surface area contributed by atoms with Gasteiger partial charge < -0.3 is 0 Å². The van der Waals surface area contributed by atoms with E-state index in [1.165, 1.54) is 35.0 Å². The first-order chi connectivity index (χ1) is 9.05. The maximum Gasteiger partial charge on any atom is 0.265 e. The van der Waals surface area contributed by atoms with Crippen molar-refractivity contribution >= 4 is 27.3 Å². The van der Waals surface area contributed by atoms with Crippen LogP contribution < -0.4 is 4.31 Å². The fourth-order valence-electron chi connectivity index (χ4n) is 1.67. The van der Waals surface area contributed by atoms with E-state index in [-0.39, 0.29) is 16.6 Å². The lowest BCUT2D eigenvalue weighted by Gasteiger charge is -2.22. The number of pyridine rings is 2. The molecule has 0 saturated carbocycles. The number of anilines is 1. The third-order valence-electron chi connectivity index (χ3n) is 2.51. The Morgan fingerprint density at radius 3 is 2.68 bits per heavy atom. The predicted molar refractivity (Wildman–Crippen MR) is 73.7 cm³/mol. The third kappa shape index (κ3) is 2.85. The van der Waals surface area contributed by atoms with E-state index in [0.29, 0.717) is 5.69 Å². The van der Waals surface area contributed by atoms with Crippen LogP contribution in [0.3, 0.4) is 0 Å². The zero-order valence-corrected chi connectivity index (χ0v) is 11.8. The quantitative estimate of drug-likeness (QED) is 0.813. The molecule has 2 aromatic rings. The monoisotopic (exact) mass is 297 g/mol. The van der Waals surface area contributed by atoms with Gasteiger partial charge in [-0.05, 0) is 31.2 Å². The Morgan fingerprint density at radius 2 is 2.11 bits per heavy atom. The highest BCUT2D eigenvalue weighted by molar-refractivity contribution is 7.92. The smallest absolute Gasteiger partial charge is 0.265 e. The van der Waals surface area contributed by atoms with E-state index in [2.05, 4.69) is 9.97 Å². The van der Waals surface area contributed by atoms with Crippen molar-refractivity contribution in [2.45, 2.75) is 11.8 Å². The van der Waals surface area contributed by atoms with Gasteiger partial charge in [0.15, 0.2) is 0 Å². The zero-order valence-electron chi connectivity index (χ0n) is 10.2. The molecule has 2 rings (SSSR count). The van der Waals surface area contributed by atoms with E-state index in [9.17, 15) is 8.42 Å². The van der Waals surface area contributed by atoms with Crippen molar-refractivity contribution in [2.24, 2.45) is 0 Å². The first kappa shape index (κ1) is 13.8. The average molecular weight is 298 g/mol. The predicted octanol–water partition coefficient (Wildman–Crippen LogP) is 2.35. The number of nitrogens with zero attached hydrogens (tertiary/aromatic N) is 3. The van der Waals surface area contributed by atoms with Crippen molar-refractivity contribution in [1.29, 1.82) is 0 Å². The molecule has 0 bridgehead atoms. The Bertz CT molecular complexity index is 662. The number of sulfonamides is 1. The normalized spacial score (nSPS) is 11.3. The van der Waals surface area contributed by atoms with E-state index < -0.39 is 10.0 Å². The molecule has 0 fully saturated rings. The largest absolute Gasteiger partial charge is 0.266 e. The zero-order chi connectivity index (χ0) is 13.9. The van der Waals surface area contributed by atoms with Crippen molar-refractivity contribution in [3.05, 3.63) is 48.0 Å². The molecule has 2 heterocycles. The van der Waals surface area contributed by atoms with Gasteiger partial charge in [-0.1, -0.05) is 11.6 Å². The summed E-state index contributed by atoms with van der Waals surface area (Å²) >= 11 is 5.80. The molecule has 0 unspecified atom stereocenters. The van der Waals surface area contributed by atoms with Gasteiger partial charge in [-0.3, -0.25) is 9.29 Å². The lowest BCUT2D eigenvalue weighted by atomic mass is 10.4. The molecule has 0 N–H and O–H groups in total. The molecular formula is C12H12ClN3O2S. The van der Waals surface area contributed by atoms with Crippen LogP contribution in [0.1, 0.15) is 6.92 Å². The van der Waals surface area contributed by atoms with Gasteiger partial charge in [0.2, 0.25) is 0 Å². The van der Waals surface area contributed by atoms with E-state index in [1.807, 2.05) is 0 Å². The summed E-state index contributed by atoms with van der Waals surface area (Å²) in [5.74, 6) is 0. The molecule has 7 heteroatoms. The van der Waals surface area contributed by atoms with Gasteiger partial charge in [0.1, 0.15) is 10.0 Å². The molecule has 0 aliphatic rings. The number of rotatable bonds is 4. The van der Waals surface area contributed by atoms with Crippen LogP contribution >= 0.6 is 11.6 Å². The molecule has 0 amide bonds. The van der Waals surface area contributed by atoms with Gasteiger partial charge in [-0.2, -0.15) is 0 Å². The third-order valence-corrected chi connectivity index (χ3v) is 4.60. The minimum atomic E-state index is -3.64. The second-order valence-electron chi connectivity index (χ2n) is 3.70. The fourth-order valence-corrected chi connectivity index (χ4v) is 3.26. The molecule has 5 nitrogen and oxygen atoms in total. The van der Waals surface area contributed by atoms with Gasteiger partial charge in [0.25, 0.3) is 10.0 Å². The molecule has 0 atom stereocenters. The van der Waals surface area contributed by atoms with Crippen molar-refractivity contribution in [2.75, 3.05) is 10.8 Å². The summed E-state index contributed by atoms with van der Waals surface area (Å²) in [6.07, 6.45) is 4.32. The summed E-state index contributed by atoms with van der Waals surface area (Å²) < 4.78 is 26.3. The van der Waals surface area contributed by atoms with Crippen molar-refractivity contribution < 1.29 is 8.42 Å². The van der Waals surface area contributed by atoms with Gasteiger partial charge >= 0.3 is 0 Å².